The van der Waals surface area contributed by atoms with E-state index in [-0.39, 0.29) is 18.5 Å². The molecule has 208 valence electrons. The topological polar surface area (TPSA) is 90.7 Å². The van der Waals surface area contributed by atoms with Crippen LogP contribution in [0.15, 0.2) is 59.7 Å². The number of ketones is 1. The first kappa shape index (κ1) is 28.3. The van der Waals surface area contributed by atoms with Crippen molar-refractivity contribution in [1.82, 2.24) is 14.5 Å². The first-order chi connectivity index (χ1) is 18.3. The molecule has 0 radical (unpaired) electrons. The average Bonchev–Trinajstić information content (AvgIpc) is 3.25. The number of hydrogen-bond donors (Lipinski definition) is 0. The van der Waals surface area contributed by atoms with E-state index in [1.54, 1.807) is 20.8 Å². The lowest BCUT2D eigenvalue weighted by atomic mass is 10.0. The fourth-order valence-corrected chi connectivity index (χ4v) is 4.62. The van der Waals surface area contributed by atoms with Gasteiger partial charge in [0.1, 0.15) is 5.60 Å². The third kappa shape index (κ3) is 6.83. The van der Waals surface area contributed by atoms with Crippen LogP contribution in [0.25, 0.3) is 10.9 Å². The summed E-state index contributed by atoms with van der Waals surface area (Å²) in [7, 11) is 0. The first-order valence-corrected chi connectivity index (χ1v) is 12.6. The summed E-state index contributed by atoms with van der Waals surface area (Å²) in [6.07, 6.45) is -4.48. The standard InChI is InChI=1S/C28H30F3N3O5/c1-27(2,3)39-26(37)34-13-12-23(38-16-18-8-5-4-6-9-18)22(34)14-19(35)15-33-17-32-21-11-7-10-20(28(29,30)31)24(21)25(33)36/h4-11,17,22-23H,12-16H2,1-3H3. The summed E-state index contributed by atoms with van der Waals surface area (Å²) in [6.45, 7) is 5.28. The highest BCUT2D eigenvalue weighted by Gasteiger charge is 2.41. The van der Waals surface area contributed by atoms with E-state index in [0.29, 0.717) is 13.0 Å². The molecule has 0 saturated carbocycles. The van der Waals surface area contributed by atoms with Crippen molar-refractivity contribution in [2.24, 2.45) is 0 Å². The Labute approximate surface area is 223 Å². The molecular formula is C28H30F3N3O5. The molecule has 0 bridgehead atoms. The van der Waals surface area contributed by atoms with E-state index < -0.39 is 58.9 Å². The van der Waals surface area contributed by atoms with Gasteiger partial charge in [0, 0.05) is 13.0 Å². The molecule has 1 aromatic heterocycles. The Balaban J connectivity index is 1.56. The smallest absolute Gasteiger partial charge is 0.417 e. The van der Waals surface area contributed by atoms with Crippen LogP contribution in [0.2, 0.25) is 0 Å². The number of fused-ring (bicyclic) bond motifs is 1. The van der Waals surface area contributed by atoms with Gasteiger partial charge < -0.3 is 14.4 Å². The van der Waals surface area contributed by atoms with Gasteiger partial charge in [-0.05, 0) is 44.9 Å². The molecule has 2 atom stereocenters. The van der Waals surface area contributed by atoms with Crippen LogP contribution in [-0.2, 0) is 33.6 Å². The monoisotopic (exact) mass is 545 g/mol. The van der Waals surface area contributed by atoms with Crippen LogP contribution in [0.1, 0.15) is 44.7 Å². The highest BCUT2D eigenvalue weighted by atomic mass is 19.4. The maximum absolute atomic E-state index is 13.5. The van der Waals surface area contributed by atoms with Crippen molar-refractivity contribution in [2.45, 2.75) is 70.7 Å². The number of ether oxygens (including phenoxy) is 2. The summed E-state index contributed by atoms with van der Waals surface area (Å²) in [5, 5.41) is -0.597. The molecule has 2 heterocycles. The SMILES string of the molecule is CC(C)(C)OC(=O)N1CCC(OCc2ccccc2)C1CC(=O)Cn1cnc2cccc(C(F)(F)F)c2c1=O. The highest BCUT2D eigenvalue weighted by Crippen LogP contribution is 2.33. The molecule has 1 fully saturated rings. The third-order valence-electron chi connectivity index (χ3n) is 6.36. The lowest BCUT2D eigenvalue weighted by Crippen LogP contribution is -2.44. The van der Waals surface area contributed by atoms with Gasteiger partial charge in [0.2, 0.25) is 0 Å². The van der Waals surface area contributed by atoms with Crippen LogP contribution in [0, 0.1) is 0 Å². The van der Waals surface area contributed by atoms with Gasteiger partial charge in [-0.2, -0.15) is 13.2 Å². The molecule has 1 amide bonds. The zero-order valence-electron chi connectivity index (χ0n) is 21.9. The highest BCUT2D eigenvalue weighted by molar-refractivity contribution is 5.83. The van der Waals surface area contributed by atoms with Gasteiger partial charge in [0.25, 0.3) is 5.56 Å². The maximum Gasteiger partial charge on any atom is 0.417 e. The van der Waals surface area contributed by atoms with Gasteiger partial charge in [-0.25, -0.2) is 9.78 Å². The summed E-state index contributed by atoms with van der Waals surface area (Å²) in [6, 6.07) is 12.0. The van der Waals surface area contributed by atoms with Crippen molar-refractivity contribution in [3.63, 3.8) is 0 Å². The second-order valence-electron chi connectivity index (χ2n) is 10.5. The van der Waals surface area contributed by atoms with E-state index in [1.807, 2.05) is 30.3 Å². The first-order valence-electron chi connectivity index (χ1n) is 12.6. The van der Waals surface area contributed by atoms with Crippen molar-refractivity contribution in [1.29, 1.82) is 0 Å². The molecule has 0 N–H and O–H groups in total. The largest absolute Gasteiger partial charge is 0.444 e. The molecular weight excluding hydrogens is 515 g/mol. The Kier molecular flexibility index (Phi) is 8.10. The molecule has 8 nitrogen and oxygen atoms in total. The van der Waals surface area contributed by atoms with Crippen LogP contribution < -0.4 is 5.56 Å². The predicted molar refractivity (Wildman–Crippen MR) is 137 cm³/mol. The number of hydrogen-bond acceptors (Lipinski definition) is 6. The zero-order chi connectivity index (χ0) is 28.4. The number of aromatic nitrogens is 2. The molecule has 0 spiro atoms. The number of alkyl halides is 3. The minimum Gasteiger partial charge on any atom is -0.444 e. The van der Waals surface area contributed by atoms with Gasteiger partial charge in [0.15, 0.2) is 5.78 Å². The minimum atomic E-state index is -4.76. The van der Waals surface area contributed by atoms with Crippen molar-refractivity contribution in [2.75, 3.05) is 6.54 Å². The number of carbonyl (C=O) groups is 2. The summed E-state index contributed by atoms with van der Waals surface area (Å²) in [4.78, 5) is 44.5. The van der Waals surface area contributed by atoms with E-state index >= 15 is 0 Å². The van der Waals surface area contributed by atoms with Crippen LogP contribution in [-0.4, -0.2) is 50.6 Å². The Hall–Kier alpha value is -3.73. The molecule has 2 aromatic carbocycles. The third-order valence-corrected chi connectivity index (χ3v) is 6.36. The van der Waals surface area contributed by atoms with Crippen molar-refractivity contribution in [3.8, 4) is 0 Å². The number of nitrogens with zero attached hydrogens (tertiary/aromatic N) is 3. The molecule has 4 rings (SSSR count). The molecule has 1 aliphatic heterocycles. The molecule has 1 saturated heterocycles. The van der Waals surface area contributed by atoms with Crippen LogP contribution in [0.4, 0.5) is 18.0 Å². The van der Waals surface area contributed by atoms with Crippen molar-refractivity contribution in [3.05, 3.63) is 76.3 Å². The number of carbonyl (C=O) groups excluding carboxylic acids is 2. The van der Waals surface area contributed by atoms with E-state index in [2.05, 4.69) is 4.98 Å². The average molecular weight is 546 g/mol. The maximum atomic E-state index is 13.5. The van der Waals surface area contributed by atoms with Crippen molar-refractivity contribution < 1.29 is 32.2 Å². The Morgan fingerprint density at radius 1 is 1.05 bits per heavy atom. The number of amides is 1. The fraction of sp³-hybridized carbons (Fsp3) is 0.429. The molecule has 39 heavy (non-hydrogen) atoms. The number of halogens is 3. The van der Waals surface area contributed by atoms with Gasteiger partial charge >= 0.3 is 12.3 Å². The zero-order valence-corrected chi connectivity index (χ0v) is 21.9. The number of likely N-dealkylation sites (tertiary alicyclic amines) is 1. The quantitative estimate of drug-likeness (QED) is 0.417. The van der Waals surface area contributed by atoms with E-state index in [1.165, 1.54) is 17.0 Å². The van der Waals surface area contributed by atoms with Gasteiger partial charge in [-0.1, -0.05) is 36.4 Å². The Morgan fingerprint density at radius 3 is 2.44 bits per heavy atom. The van der Waals surface area contributed by atoms with Gasteiger partial charge in [-0.15, -0.1) is 0 Å². The van der Waals surface area contributed by atoms with Crippen molar-refractivity contribution >= 4 is 22.8 Å². The molecule has 3 aromatic rings. The number of Topliss-reactive ketones (excluding diaryl/α,β-unsaturated/α-hetero) is 1. The second kappa shape index (κ2) is 11.2. The lowest BCUT2D eigenvalue weighted by molar-refractivity contribution is -0.136. The van der Waals surface area contributed by atoms with Crippen LogP contribution in [0.5, 0.6) is 0 Å². The van der Waals surface area contributed by atoms with Gasteiger partial charge in [0.05, 0.1) is 48.1 Å². The summed E-state index contributed by atoms with van der Waals surface area (Å²) in [5.74, 6) is -0.462. The van der Waals surface area contributed by atoms with E-state index in [9.17, 15) is 27.6 Å². The molecule has 0 aliphatic carbocycles. The Morgan fingerprint density at radius 2 is 1.77 bits per heavy atom. The van der Waals surface area contributed by atoms with E-state index in [4.69, 9.17) is 9.47 Å². The van der Waals surface area contributed by atoms with Crippen LogP contribution >= 0.6 is 0 Å². The molecule has 1 aliphatic rings. The summed E-state index contributed by atoms with van der Waals surface area (Å²) >= 11 is 0. The van der Waals surface area contributed by atoms with E-state index in [0.717, 1.165) is 22.5 Å². The number of benzene rings is 2. The lowest BCUT2D eigenvalue weighted by Gasteiger charge is -2.30. The summed E-state index contributed by atoms with van der Waals surface area (Å²) in [5.41, 5.74) is -2.02. The normalized spacial score (nSPS) is 17.9. The predicted octanol–water partition coefficient (Wildman–Crippen LogP) is 4.97. The molecule has 2 unspecified atom stereocenters. The minimum absolute atomic E-state index is 0.111. The number of rotatable bonds is 7. The van der Waals surface area contributed by atoms with Crippen LogP contribution in [0.3, 0.4) is 0 Å². The van der Waals surface area contributed by atoms with Gasteiger partial charge in [-0.3, -0.25) is 14.2 Å². The second-order valence-corrected chi connectivity index (χ2v) is 10.5. The summed E-state index contributed by atoms with van der Waals surface area (Å²) < 4.78 is 53.1. The fourth-order valence-electron chi connectivity index (χ4n) is 4.62. The molecule has 11 heteroatoms. The Bertz CT molecular complexity index is 1400.